The Morgan fingerprint density at radius 3 is 2.69 bits per heavy atom. The van der Waals surface area contributed by atoms with Gasteiger partial charge in [0.05, 0.1) is 18.8 Å². The SMILES string of the molecule is COc1cnc2c(OCc3nnc4ccc(-c5ccccc5)cn34)ccnc2c1. The monoisotopic (exact) mass is 383 g/mol. The van der Waals surface area contributed by atoms with E-state index in [1.165, 1.54) is 0 Å². The Hall–Kier alpha value is -4.00. The molecule has 5 aromatic rings. The summed E-state index contributed by atoms with van der Waals surface area (Å²) in [5, 5.41) is 8.52. The van der Waals surface area contributed by atoms with Crippen LogP contribution < -0.4 is 9.47 Å². The summed E-state index contributed by atoms with van der Waals surface area (Å²) in [6.07, 6.45) is 5.36. The third-order valence-corrected chi connectivity index (χ3v) is 4.69. The van der Waals surface area contributed by atoms with Gasteiger partial charge in [0, 0.05) is 24.5 Å². The lowest BCUT2D eigenvalue weighted by molar-refractivity contribution is 0.297. The molecule has 1 aromatic carbocycles. The Morgan fingerprint density at radius 2 is 1.83 bits per heavy atom. The standard InChI is InChI=1S/C22H17N5O2/c1-28-17-11-18-22(24-12-17)19(9-10-23-18)29-14-21-26-25-20-8-7-16(13-27(20)21)15-5-3-2-4-6-15/h2-13H,14H2,1H3. The first-order valence-electron chi connectivity index (χ1n) is 9.12. The second-order valence-electron chi connectivity index (χ2n) is 6.47. The molecular weight excluding hydrogens is 366 g/mol. The van der Waals surface area contributed by atoms with E-state index in [-0.39, 0.29) is 6.61 Å². The molecule has 0 amide bonds. The first-order chi connectivity index (χ1) is 14.3. The summed E-state index contributed by atoms with van der Waals surface area (Å²) in [5.41, 5.74) is 4.37. The number of rotatable bonds is 5. The van der Waals surface area contributed by atoms with Crippen LogP contribution in [0.4, 0.5) is 0 Å². The maximum atomic E-state index is 6.02. The van der Waals surface area contributed by atoms with Gasteiger partial charge in [-0.25, -0.2) is 4.98 Å². The highest BCUT2D eigenvalue weighted by atomic mass is 16.5. The van der Waals surface area contributed by atoms with Crippen molar-refractivity contribution >= 4 is 16.7 Å². The van der Waals surface area contributed by atoms with Crippen LogP contribution in [-0.2, 0) is 6.61 Å². The summed E-state index contributed by atoms with van der Waals surface area (Å²) in [7, 11) is 1.60. The van der Waals surface area contributed by atoms with Crippen LogP contribution in [0.2, 0.25) is 0 Å². The van der Waals surface area contributed by atoms with Gasteiger partial charge < -0.3 is 9.47 Å². The zero-order valence-corrected chi connectivity index (χ0v) is 15.7. The Bertz CT molecular complexity index is 1300. The molecule has 7 nitrogen and oxygen atoms in total. The molecule has 0 aliphatic heterocycles. The van der Waals surface area contributed by atoms with Crippen LogP contribution in [0.5, 0.6) is 11.5 Å². The first-order valence-corrected chi connectivity index (χ1v) is 9.12. The number of fused-ring (bicyclic) bond motifs is 2. The lowest BCUT2D eigenvalue weighted by Gasteiger charge is -2.09. The summed E-state index contributed by atoms with van der Waals surface area (Å²) in [6.45, 7) is 0.256. The van der Waals surface area contributed by atoms with Gasteiger partial charge in [0.2, 0.25) is 0 Å². The molecule has 29 heavy (non-hydrogen) atoms. The molecule has 142 valence electrons. The highest BCUT2D eigenvalue weighted by molar-refractivity contribution is 5.81. The van der Waals surface area contributed by atoms with Crippen molar-refractivity contribution in [1.29, 1.82) is 0 Å². The molecule has 0 saturated heterocycles. The van der Waals surface area contributed by atoms with Crippen LogP contribution in [0.25, 0.3) is 27.8 Å². The van der Waals surface area contributed by atoms with Crippen LogP contribution in [-0.4, -0.2) is 31.7 Å². The lowest BCUT2D eigenvalue weighted by Crippen LogP contribution is -2.02. The fourth-order valence-electron chi connectivity index (χ4n) is 3.20. The van der Waals surface area contributed by atoms with Gasteiger partial charge in [0.1, 0.15) is 23.6 Å². The van der Waals surface area contributed by atoms with Crippen LogP contribution in [0.3, 0.4) is 0 Å². The zero-order chi connectivity index (χ0) is 19.6. The van der Waals surface area contributed by atoms with Crippen LogP contribution >= 0.6 is 0 Å². The molecule has 0 saturated carbocycles. The van der Waals surface area contributed by atoms with E-state index in [0.29, 0.717) is 28.4 Å². The third kappa shape index (κ3) is 3.23. The van der Waals surface area contributed by atoms with E-state index in [9.17, 15) is 0 Å². The van der Waals surface area contributed by atoms with Gasteiger partial charge in [-0.05, 0) is 23.3 Å². The maximum Gasteiger partial charge on any atom is 0.175 e. The molecule has 5 rings (SSSR count). The number of pyridine rings is 3. The highest BCUT2D eigenvalue weighted by Gasteiger charge is 2.11. The minimum atomic E-state index is 0.256. The number of nitrogens with zero attached hydrogens (tertiary/aromatic N) is 5. The van der Waals surface area contributed by atoms with Gasteiger partial charge in [-0.15, -0.1) is 10.2 Å². The topological polar surface area (TPSA) is 74.4 Å². The molecule has 0 bridgehead atoms. The van der Waals surface area contributed by atoms with E-state index < -0.39 is 0 Å². The maximum absolute atomic E-state index is 6.02. The van der Waals surface area contributed by atoms with Gasteiger partial charge in [-0.3, -0.25) is 9.38 Å². The molecule has 0 radical (unpaired) electrons. The van der Waals surface area contributed by atoms with E-state index in [1.807, 2.05) is 47.0 Å². The Kier molecular flexibility index (Phi) is 4.25. The molecule has 0 N–H and O–H groups in total. The van der Waals surface area contributed by atoms with Gasteiger partial charge >= 0.3 is 0 Å². The van der Waals surface area contributed by atoms with E-state index >= 15 is 0 Å². The molecule has 0 spiro atoms. The Morgan fingerprint density at radius 1 is 0.931 bits per heavy atom. The number of benzene rings is 1. The van der Waals surface area contributed by atoms with Gasteiger partial charge in [0.15, 0.2) is 11.5 Å². The normalized spacial score (nSPS) is 11.1. The Balaban J connectivity index is 1.46. The number of hydrogen-bond donors (Lipinski definition) is 0. The summed E-state index contributed by atoms with van der Waals surface area (Å²) in [5.74, 6) is 1.99. The van der Waals surface area contributed by atoms with Gasteiger partial charge in [-0.1, -0.05) is 30.3 Å². The summed E-state index contributed by atoms with van der Waals surface area (Å²) in [4.78, 5) is 8.75. The second-order valence-corrected chi connectivity index (χ2v) is 6.47. The van der Waals surface area contributed by atoms with Gasteiger partial charge in [-0.2, -0.15) is 0 Å². The number of methoxy groups -OCH3 is 1. The molecule has 0 aliphatic carbocycles. The molecule has 4 aromatic heterocycles. The molecule has 0 unspecified atom stereocenters. The van der Waals surface area contributed by atoms with E-state index in [0.717, 1.165) is 16.8 Å². The molecule has 0 atom stereocenters. The summed E-state index contributed by atoms with van der Waals surface area (Å²) in [6, 6.07) is 17.8. The average molecular weight is 383 g/mol. The average Bonchev–Trinajstić information content (AvgIpc) is 3.20. The number of hydrogen-bond acceptors (Lipinski definition) is 6. The van der Waals surface area contributed by atoms with Crippen molar-refractivity contribution in [3.05, 3.63) is 79.0 Å². The first kappa shape index (κ1) is 17.1. The molecule has 4 heterocycles. The summed E-state index contributed by atoms with van der Waals surface area (Å²) < 4.78 is 13.2. The van der Waals surface area contributed by atoms with Crippen molar-refractivity contribution in [2.24, 2.45) is 0 Å². The smallest absolute Gasteiger partial charge is 0.175 e. The number of aromatic nitrogens is 5. The van der Waals surface area contributed by atoms with Crippen LogP contribution in [0.15, 0.2) is 73.2 Å². The predicted octanol–water partition coefficient (Wildman–Crippen LogP) is 3.93. The summed E-state index contributed by atoms with van der Waals surface area (Å²) >= 11 is 0. The molecule has 0 fully saturated rings. The predicted molar refractivity (Wildman–Crippen MR) is 109 cm³/mol. The van der Waals surface area contributed by atoms with E-state index in [2.05, 4.69) is 32.3 Å². The Labute approximate surface area is 166 Å². The van der Waals surface area contributed by atoms with Crippen molar-refractivity contribution in [3.63, 3.8) is 0 Å². The van der Waals surface area contributed by atoms with Gasteiger partial charge in [0.25, 0.3) is 0 Å². The lowest BCUT2D eigenvalue weighted by atomic mass is 10.1. The van der Waals surface area contributed by atoms with Crippen LogP contribution in [0.1, 0.15) is 5.82 Å². The van der Waals surface area contributed by atoms with Crippen molar-refractivity contribution in [2.45, 2.75) is 6.61 Å². The van der Waals surface area contributed by atoms with Crippen molar-refractivity contribution in [2.75, 3.05) is 7.11 Å². The minimum Gasteiger partial charge on any atom is -0.495 e. The fraction of sp³-hybridized carbons (Fsp3) is 0.0909. The fourth-order valence-corrected chi connectivity index (χ4v) is 3.20. The van der Waals surface area contributed by atoms with Crippen molar-refractivity contribution in [3.8, 4) is 22.6 Å². The van der Waals surface area contributed by atoms with E-state index in [1.54, 1.807) is 25.6 Å². The second kappa shape index (κ2) is 7.20. The largest absolute Gasteiger partial charge is 0.495 e. The number of ether oxygens (including phenoxy) is 2. The minimum absolute atomic E-state index is 0.256. The van der Waals surface area contributed by atoms with Crippen molar-refractivity contribution in [1.82, 2.24) is 24.6 Å². The quantitative estimate of drug-likeness (QED) is 0.458. The third-order valence-electron chi connectivity index (χ3n) is 4.69. The van der Waals surface area contributed by atoms with Crippen molar-refractivity contribution < 1.29 is 9.47 Å². The highest BCUT2D eigenvalue weighted by Crippen LogP contribution is 2.25. The van der Waals surface area contributed by atoms with Crippen LogP contribution in [0, 0.1) is 0 Å². The molecular formula is C22H17N5O2. The molecule has 0 aliphatic rings. The zero-order valence-electron chi connectivity index (χ0n) is 15.7. The van der Waals surface area contributed by atoms with E-state index in [4.69, 9.17) is 9.47 Å². The molecule has 7 heteroatoms.